The molecule has 0 aromatic carbocycles. The van der Waals surface area contributed by atoms with Gasteiger partial charge in [-0.25, -0.2) is 8.42 Å². The normalized spacial score (nSPS) is 12.1. The van der Waals surface area contributed by atoms with Gasteiger partial charge in [0, 0.05) is 25.6 Å². The van der Waals surface area contributed by atoms with Crippen molar-refractivity contribution in [3.05, 3.63) is 12.2 Å². The molecular formula is C28H56N4O6S. The molecule has 0 saturated heterocycles. The van der Waals surface area contributed by atoms with Crippen molar-refractivity contribution < 1.29 is 31.8 Å². The van der Waals surface area contributed by atoms with Crippen molar-refractivity contribution in [3.8, 4) is 0 Å². The van der Waals surface area contributed by atoms with Gasteiger partial charge in [0.25, 0.3) is 0 Å². The Morgan fingerprint density at radius 3 is 1.51 bits per heavy atom. The van der Waals surface area contributed by atoms with E-state index in [4.69, 9.17) is 0 Å². The van der Waals surface area contributed by atoms with Crippen molar-refractivity contribution in [3.63, 3.8) is 0 Å². The van der Waals surface area contributed by atoms with Crippen LogP contribution in [0.4, 0.5) is 0 Å². The Labute approximate surface area is 238 Å². The van der Waals surface area contributed by atoms with Crippen molar-refractivity contribution in [2.45, 2.75) is 105 Å². The SMILES string of the molecule is C=C(C)C(=O)NCCCNC(=O)C(CS(=O)(=O)[O-])NC(C)=O.CCCC[N+](CCCC)(CCCC)CCCC. The fourth-order valence-corrected chi connectivity index (χ4v) is 4.70. The molecule has 1 unspecified atom stereocenters. The van der Waals surface area contributed by atoms with E-state index in [1.165, 1.54) is 82.0 Å². The molecule has 0 rings (SSSR count). The Balaban J connectivity index is 0. The smallest absolute Gasteiger partial charge is 0.246 e. The van der Waals surface area contributed by atoms with Gasteiger partial charge in [0.1, 0.15) is 6.04 Å². The van der Waals surface area contributed by atoms with Crippen LogP contribution in [0.5, 0.6) is 0 Å². The number of hydrogen-bond donors (Lipinski definition) is 3. The molecule has 11 heteroatoms. The molecule has 0 fully saturated rings. The van der Waals surface area contributed by atoms with E-state index in [9.17, 15) is 27.4 Å². The minimum absolute atomic E-state index is 0.143. The quantitative estimate of drug-likeness (QED) is 0.0828. The van der Waals surface area contributed by atoms with E-state index in [2.05, 4.69) is 50.2 Å². The molecule has 0 saturated carbocycles. The summed E-state index contributed by atoms with van der Waals surface area (Å²) in [5.74, 6) is -2.73. The van der Waals surface area contributed by atoms with Gasteiger partial charge in [0.05, 0.1) is 42.1 Å². The highest BCUT2D eigenvalue weighted by molar-refractivity contribution is 7.85. The average molecular weight is 577 g/mol. The second-order valence-electron chi connectivity index (χ2n) is 10.3. The van der Waals surface area contributed by atoms with Gasteiger partial charge in [-0.05, 0) is 39.0 Å². The fourth-order valence-electron chi connectivity index (χ4n) is 4.05. The highest BCUT2D eigenvalue weighted by atomic mass is 32.2. The highest BCUT2D eigenvalue weighted by Crippen LogP contribution is 2.16. The van der Waals surface area contributed by atoms with E-state index in [0.29, 0.717) is 12.0 Å². The Morgan fingerprint density at radius 1 is 0.769 bits per heavy atom. The lowest BCUT2D eigenvalue weighted by Crippen LogP contribution is -2.50. The Bertz CT molecular complexity index is 779. The number of unbranched alkanes of at least 4 members (excludes halogenated alkanes) is 4. The zero-order valence-corrected chi connectivity index (χ0v) is 26.2. The number of nitrogens with zero attached hydrogens (tertiary/aromatic N) is 1. The lowest BCUT2D eigenvalue weighted by atomic mass is 10.1. The van der Waals surface area contributed by atoms with Crippen molar-refractivity contribution in [1.82, 2.24) is 16.0 Å². The van der Waals surface area contributed by atoms with E-state index in [0.717, 1.165) is 6.92 Å². The molecule has 0 bridgehead atoms. The number of carbonyl (C=O) groups is 3. The summed E-state index contributed by atoms with van der Waals surface area (Å²) in [7, 11) is -4.66. The predicted octanol–water partition coefficient (Wildman–Crippen LogP) is 3.24. The first kappa shape index (κ1) is 39.2. The third kappa shape index (κ3) is 22.5. The van der Waals surface area contributed by atoms with Gasteiger partial charge in [-0.1, -0.05) is 60.0 Å². The van der Waals surface area contributed by atoms with Crippen LogP contribution in [0.25, 0.3) is 0 Å². The van der Waals surface area contributed by atoms with Gasteiger partial charge < -0.3 is 25.0 Å². The molecule has 0 aliphatic carbocycles. The van der Waals surface area contributed by atoms with Gasteiger partial charge in [-0.2, -0.15) is 0 Å². The van der Waals surface area contributed by atoms with Crippen LogP contribution in [0.2, 0.25) is 0 Å². The van der Waals surface area contributed by atoms with Crippen LogP contribution in [-0.4, -0.2) is 86.2 Å². The molecule has 10 nitrogen and oxygen atoms in total. The molecule has 0 aromatic heterocycles. The summed E-state index contributed by atoms with van der Waals surface area (Å²) >= 11 is 0. The summed E-state index contributed by atoms with van der Waals surface area (Å²) in [6, 6.07) is -1.44. The summed E-state index contributed by atoms with van der Waals surface area (Å²) < 4.78 is 33.5. The molecule has 230 valence electrons. The van der Waals surface area contributed by atoms with E-state index >= 15 is 0 Å². The van der Waals surface area contributed by atoms with Crippen molar-refractivity contribution in [2.75, 3.05) is 45.0 Å². The molecule has 3 amide bonds. The zero-order valence-electron chi connectivity index (χ0n) is 25.4. The van der Waals surface area contributed by atoms with E-state index < -0.39 is 33.7 Å². The second kappa shape index (κ2) is 22.8. The Hall–Kier alpha value is -1.98. The van der Waals surface area contributed by atoms with E-state index in [-0.39, 0.29) is 19.0 Å². The van der Waals surface area contributed by atoms with E-state index in [1.54, 1.807) is 6.92 Å². The fraction of sp³-hybridized carbons (Fsp3) is 0.821. The topological polar surface area (TPSA) is 144 Å². The predicted molar refractivity (Wildman–Crippen MR) is 157 cm³/mol. The number of quaternary nitrogens is 1. The maximum absolute atomic E-state index is 11.7. The number of carbonyl (C=O) groups excluding carboxylic acids is 3. The molecule has 0 aliphatic heterocycles. The van der Waals surface area contributed by atoms with Gasteiger partial charge in [0.15, 0.2) is 0 Å². The van der Waals surface area contributed by atoms with Crippen molar-refractivity contribution in [1.29, 1.82) is 0 Å². The molecule has 0 heterocycles. The first-order valence-electron chi connectivity index (χ1n) is 14.5. The van der Waals surface area contributed by atoms with Crippen LogP contribution in [-0.2, 0) is 24.5 Å². The molecule has 0 spiro atoms. The van der Waals surface area contributed by atoms with Gasteiger partial charge in [-0.3, -0.25) is 14.4 Å². The van der Waals surface area contributed by atoms with Crippen LogP contribution < -0.4 is 16.0 Å². The van der Waals surface area contributed by atoms with E-state index in [1.807, 2.05) is 0 Å². The third-order valence-electron chi connectivity index (χ3n) is 6.33. The lowest BCUT2D eigenvalue weighted by molar-refractivity contribution is -0.929. The molecule has 1 atom stereocenters. The standard InChI is InChI=1S/C16H36N.C12H21N3O6S/c1-5-9-13-17(14-10-6-2,15-11-7-3)16-12-8-4;1-8(2)11(17)13-5-4-6-14-12(18)10(15-9(3)16)7-22(19,20)21/h5-16H2,1-4H3;10H,1,4-7H2,2-3H3,(H,13,17)(H,14,18)(H,15,16)(H,19,20,21)/q+1;/p-1. The van der Waals surface area contributed by atoms with Crippen molar-refractivity contribution in [2.24, 2.45) is 0 Å². The Morgan fingerprint density at radius 2 is 1.18 bits per heavy atom. The molecule has 0 aliphatic rings. The number of hydrogen-bond acceptors (Lipinski definition) is 6. The summed E-state index contributed by atoms with van der Waals surface area (Å²) in [5, 5.41) is 7.03. The minimum Gasteiger partial charge on any atom is -0.748 e. The van der Waals surface area contributed by atoms with Gasteiger partial charge in [-0.15, -0.1) is 0 Å². The van der Waals surface area contributed by atoms with Crippen LogP contribution in [0.1, 0.15) is 99.3 Å². The molecule has 0 aromatic rings. The van der Waals surface area contributed by atoms with Crippen LogP contribution in [0.15, 0.2) is 12.2 Å². The number of nitrogens with one attached hydrogen (secondary N) is 3. The van der Waals surface area contributed by atoms with Crippen LogP contribution in [0, 0.1) is 0 Å². The van der Waals surface area contributed by atoms with Crippen LogP contribution >= 0.6 is 0 Å². The largest absolute Gasteiger partial charge is 0.748 e. The average Bonchev–Trinajstić information content (AvgIpc) is 2.86. The first-order chi connectivity index (χ1) is 18.3. The van der Waals surface area contributed by atoms with Gasteiger partial charge >= 0.3 is 0 Å². The maximum Gasteiger partial charge on any atom is 0.246 e. The minimum atomic E-state index is -4.66. The highest BCUT2D eigenvalue weighted by Gasteiger charge is 2.25. The monoisotopic (exact) mass is 576 g/mol. The molecule has 39 heavy (non-hydrogen) atoms. The number of amides is 3. The molecule has 3 N–H and O–H groups in total. The van der Waals surface area contributed by atoms with Gasteiger partial charge in [0.2, 0.25) is 17.7 Å². The van der Waals surface area contributed by atoms with Crippen LogP contribution in [0.3, 0.4) is 0 Å². The number of rotatable bonds is 21. The van der Waals surface area contributed by atoms with Crippen molar-refractivity contribution >= 4 is 27.8 Å². The third-order valence-corrected chi connectivity index (χ3v) is 7.08. The Kier molecular flexibility index (Phi) is 22.9. The molecular weight excluding hydrogens is 520 g/mol. The summed E-state index contributed by atoms with van der Waals surface area (Å²) in [6.45, 7) is 21.6. The maximum atomic E-state index is 11.7. The zero-order chi connectivity index (χ0) is 30.3. The lowest BCUT2D eigenvalue weighted by Gasteiger charge is -2.39. The summed E-state index contributed by atoms with van der Waals surface area (Å²) in [5.41, 5.74) is 0.357. The molecule has 0 radical (unpaired) electrons. The second-order valence-corrected chi connectivity index (χ2v) is 11.8. The first-order valence-corrected chi connectivity index (χ1v) is 16.1. The summed E-state index contributed by atoms with van der Waals surface area (Å²) in [6.07, 6.45) is 11.5. The summed E-state index contributed by atoms with van der Waals surface area (Å²) in [4.78, 5) is 33.8.